The van der Waals surface area contributed by atoms with Gasteiger partial charge in [0.1, 0.15) is 5.82 Å². The zero-order valence-electron chi connectivity index (χ0n) is 8.94. The molecule has 0 spiro atoms. The molecule has 0 saturated carbocycles. The molecule has 2 unspecified atom stereocenters. The fourth-order valence-corrected chi connectivity index (χ4v) is 2.31. The van der Waals surface area contributed by atoms with Crippen molar-refractivity contribution in [1.82, 2.24) is 5.01 Å². The van der Waals surface area contributed by atoms with Gasteiger partial charge in [-0.05, 0) is 24.1 Å². The molecule has 2 atom stereocenters. The fourth-order valence-electron chi connectivity index (χ4n) is 2.01. The molecule has 1 fully saturated rings. The van der Waals surface area contributed by atoms with Crippen molar-refractivity contribution in [2.75, 3.05) is 6.54 Å². The third kappa shape index (κ3) is 2.41. The number of carbonyl (C=O) groups excluding carboxylic acids is 1. The predicted molar refractivity (Wildman–Crippen MR) is 60.7 cm³/mol. The van der Waals surface area contributed by atoms with Crippen molar-refractivity contribution in [3.05, 3.63) is 34.6 Å². The van der Waals surface area contributed by atoms with E-state index < -0.39 is 17.8 Å². The topological polar surface area (TPSA) is 66.6 Å². The Kier molecular flexibility index (Phi) is 3.33. The minimum absolute atomic E-state index is 0.105. The Morgan fingerprint density at radius 2 is 2.24 bits per heavy atom. The molecule has 1 saturated heterocycles. The first-order valence-corrected chi connectivity index (χ1v) is 5.56. The molecule has 4 nitrogen and oxygen atoms in total. The Hall–Kier alpha value is -1.17. The number of β-amino-alcohol motifs (C(OH)–C–C–N with tert-alkyl or cyclic N) is 1. The van der Waals surface area contributed by atoms with Crippen molar-refractivity contribution in [2.24, 2.45) is 5.84 Å². The molecule has 2 rings (SSSR count). The van der Waals surface area contributed by atoms with Crippen molar-refractivity contribution >= 4 is 17.5 Å². The number of aliphatic hydroxyl groups excluding tert-OH is 1. The van der Waals surface area contributed by atoms with Crippen molar-refractivity contribution in [3.8, 4) is 0 Å². The highest BCUT2D eigenvalue weighted by Gasteiger charge is 2.34. The van der Waals surface area contributed by atoms with E-state index in [1.54, 1.807) is 0 Å². The standard InChI is InChI=1S/C11H12ClFN2O2/c12-10-3-6(13)1-2-8(10)9-4-7(16)5-15(14)11(9)17/h1-3,7,9,16H,4-5,14H2. The average molecular weight is 259 g/mol. The molecule has 3 N–H and O–H groups in total. The van der Waals surface area contributed by atoms with Crippen LogP contribution in [0.2, 0.25) is 5.02 Å². The van der Waals surface area contributed by atoms with Crippen LogP contribution in [0.4, 0.5) is 4.39 Å². The number of hydrazine groups is 1. The van der Waals surface area contributed by atoms with Crippen LogP contribution in [-0.4, -0.2) is 28.7 Å². The van der Waals surface area contributed by atoms with E-state index in [0.717, 1.165) is 11.1 Å². The SMILES string of the molecule is NN1CC(O)CC(c2ccc(F)cc2Cl)C1=O. The molecule has 1 amide bonds. The number of halogens is 2. The predicted octanol–water partition coefficient (Wildman–Crippen LogP) is 1.03. The quantitative estimate of drug-likeness (QED) is 0.584. The first kappa shape index (κ1) is 12.3. The van der Waals surface area contributed by atoms with E-state index in [2.05, 4.69) is 0 Å². The Bertz CT molecular complexity index is 455. The molecule has 1 aliphatic heterocycles. The lowest BCUT2D eigenvalue weighted by atomic mass is 9.89. The van der Waals surface area contributed by atoms with Gasteiger partial charge >= 0.3 is 0 Å². The highest BCUT2D eigenvalue weighted by molar-refractivity contribution is 6.31. The van der Waals surface area contributed by atoms with Crippen LogP contribution in [0.15, 0.2) is 18.2 Å². The number of nitrogens with zero attached hydrogens (tertiary/aromatic N) is 1. The molecule has 0 bridgehead atoms. The number of aliphatic hydroxyl groups is 1. The zero-order valence-corrected chi connectivity index (χ0v) is 9.69. The Balaban J connectivity index is 2.34. The molecule has 0 aromatic heterocycles. The first-order chi connectivity index (χ1) is 7.99. The Morgan fingerprint density at radius 1 is 1.53 bits per heavy atom. The van der Waals surface area contributed by atoms with Gasteiger partial charge in [0.2, 0.25) is 5.91 Å². The van der Waals surface area contributed by atoms with E-state index in [4.69, 9.17) is 17.4 Å². The molecule has 6 heteroatoms. The van der Waals surface area contributed by atoms with E-state index >= 15 is 0 Å². The minimum atomic E-state index is -0.691. The van der Waals surface area contributed by atoms with Crippen LogP contribution in [0, 0.1) is 5.82 Å². The Labute approximate surface area is 103 Å². The second-order valence-corrected chi connectivity index (χ2v) is 4.51. The summed E-state index contributed by atoms with van der Waals surface area (Å²) in [5, 5.41) is 10.7. The monoisotopic (exact) mass is 258 g/mol. The van der Waals surface area contributed by atoms with Gasteiger partial charge in [0.15, 0.2) is 0 Å². The van der Waals surface area contributed by atoms with Crippen molar-refractivity contribution in [1.29, 1.82) is 0 Å². The lowest BCUT2D eigenvalue weighted by Gasteiger charge is -2.32. The largest absolute Gasteiger partial charge is 0.391 e. The third-order valence-corrected chi connectivity index (χ3v) is 3.16. The lowest BCUT2D eigenvalue weighted by molar-refractivity contribution is -0.139. The summed E-state index contributed by atoms with van der Waals surface area (Å²) in [7, 11) is 0. The van der Waals surface area contributed by atoms with E-state index in [-0.39, 0.29) is 23.9 Å². The molecule has 1 aromatic carbocycles. The number of nitrogens with two attached hydrogens (primary N) is 1. The number of piperidine rings is 1. The van der Waals surface area contributed by atoms with Gasteiger partial charge in [-0.15, -0.1) is 0 Å². The minimum Gasteiger partial charge on any atom is -0.391 e. The summed E-state index contributed by atoms with van der Waals surface area (Å²) in [4.78, 5) is 11.8. The smallest absolute Gasteiger partial charge is 0.244 e. The molecule has 0 radical (unpaired) electrons. The summed E-state index contributed by atoms with van der Waals surface area (Å²) in [6.45, 7) is 0.105. The van der Waals surface area contributed by atoms with Crippen LogP contribution in [0.1, 0.15) is 17.9 Å². The molecule has 0 aliphatic carbocycles. The number of rotatable bonds is 1. The summed E-state index contributed by atoms with van der Waals surface area (Å²) in [6, 6.07) is 3.83. The number of carbonyl (C=O) groups is 1. The first-order valence-electron chi connectivity index (χ1n) is 5.18. The van der Waals surface area contributed by atoms with Crippen LogP contribution in [0.25, 0.3) is 0 Å². The highest BCUT2D eigenvalue weighted by atomic mass is 35.5. The third-order valence-electron chi connectivity index (χ3n) is 2.83. The number of hydrogen-bond acceptors (Lipinski definition) is 3. The van der Waals surface area contributed by atoms with Gasteiger partial charge in [0.05, 0.1) is 18.6 Å². The van der Waals surface area contributed by atoms with Crippen molar-refractivity contribution in [2.45, 2.75) is 18.4 Å². The van der Waals surface area contributed by atoms with Crippen molar-refractivity contribution in [3.63, 3.8) is 0 Å². The second kappa shape index (κ2) is 4.60. The maximum absolute atomic E-state index is 12.9. The molecule has 1 heterocycles. The lowest BCUT2D eigenvalue weighted by Crippen LogP contribution is -2.50. The van der Waals surface area contributed by atoms with E-state index in [1.807, 2.05) is 0 Å². The maximum atomic E-state index is 12.9. The molecular weight excluding hydrogens is 247 g/mol. The van der Waals surface area contributed by atoms with Crippen LogP contribution in [0.3, 0.4) is 0 Å². The van der Waals surface area contributed by atoms with Gasteiger partial charge in [-0.2, -0.15) is 0 Å². The van der Waals surface area contributed by atoms with E-state index in [9.17, 15) is 14.3 Å². The number of hydrogen-bond donors (Lipinski definition) is 2. The summed E-state index contributed by atoms with van der Waals surface area (Å²) in [6.07, 6.45) is -0.443. The van der Waals surface area contributed by atoms with Gasteiger partial charge in [-0.1, -0.05) is 17.7 Å². The van der Waals surface area contributed by atoms with Gasteiger partial charge in [0.25, 0.3) is 0 Å². The average Bonchev–Trinajstić information content (AvgIpc) is 2.24. The molecular formula is C11H12ClFN2O2. The van der Waals surface area contributed by atoms with E-state index in [0.29, 0.717) is 5.56 Å². The summed E-state index contributed by atoms with van der Waals surface area (Å²) < 4.78 is 12.9. The van der Waals surface area contributed by atoms with Crippen molar-refractivity contribution < 1.29 is 14.3 Å². The number of amides is 1. The zero-order chi connectivity index (χ0) is 12.6. The second-order valence-electron chi connectivity index (χ2n) is 4.10. The molecule has 1 aromatic rings. The fraction of sp³-hybridized carbons (Fsp3) is 0.364. The van der Waals surface area contributed by atoms with Gasteiger partial charge in [-0.3, -0.25) is 9.80 Å². The maximum Gasteiger partial charge on any atom is 0.244 e. The van der Waals surface area contributed by atoms with Crippen LogP contribution in [-0.2, 0) is 4.79 Å². The molecule has 17 heavy (non-hydrogen) atoms. The number of benzene rings is 1. The summed E-state index contributed by atoms with van der Waals surface area (Å²) in [5.74, 6) is 4.09. The van der Waals surface area contributed by atoms with Gasteiger partial charge < -0.3 is 5.11 Å². The normalized spacial score (nSPS) is 25.2. The van der Waals surface area contributed by atoms with Crippen LogP contribution >= 0.6 is 11.6 Å². The van der Waals surface area contributed by atoms with Gasteiger partial charge in [-0.25, -0.2) is 10.2 Å². The Morgan fingerprint density at radius 3 is 2.88 bits per heavy atom. The summed E-state index contributed by atoms with van der Waals surface area (Å²) >= 11 is 5.89. The summed E-state index contributed by atoms with van der Waals surface area (Å²) in [5.41, 5.74) is 0.493. The highest BCUT2D eigenvalue weighted by Crippen LogP contribution is 2.32. The van der Waals surface area contributed by atoms with Crippen LogP contribution < -0.4 is 5.84 Å². The van der Waals surface area contributed by atoms with Gasteiger partial charge in [0, 0.05) is 5.02 Å². The van der Waals surface area contributed by atoms with Crippen LogP contribution in [0.5, 0.6) is 0 Å². The molecule has 92 valence electrons. The molecule has 1 aliphatic rings. The van der Waals surface area contributed by atoms with E-state index in [1.165, 1.54) is 12.1 Å².